The molecule has 0 spiro atoms. The van der Waals surface area contributed by atoms with Crippen molar-refractivity contribution in [2.75, 3.05) is 6.26 Å². The Morgan fingerprint density at radius 2 is 2.06 bits per heavy atom. The molecule has 0 aliphatic rings. The van der Waals surface area contributed by atoms with Crippen molar-refractivity contribution in [2.45, 2.75) is 17.4 Å². The Labute approximate surface area is 98.6 Å². The minimum atomic E-state index is -3.42. The van der Waals surface area contributed by atoms with Gasteiger partial charge < -0.3 is 15.9 Å². The molecule has 1 rings (SSSR count). The fraction of sp³-hybridized carbons (Fsp3) is 0.300. The number of carboxylic acid groups (broad SMARTS) is 1. The molecule has 0 saturated heterocycles. The molecule has 6 nitrogen and oxygen atoms in total. The number of phenols is 1. The lowest BCUT2D eigenvalue weighted by Crippen LogP contribution is -2.15. The summed E-state index contributed by atoms with van der Waals surface area (Å²) in [6.07, 6.45) is 0.632. The number of hydrogen-bond acceptors (Lipinski definition) is 5. The average molecular weight is 259 g/mol. The first-order valence-electron chi connectivity index (χ1n) is 4.72. The van der Waals surface area contributed by atoms with E-state index < -0.39 is 21.8 Å². The Morgan fingerprint density at radius 1 is 1.47 bits per heavy atom. The molecule has 0 aliphatic heterocycles. The first kappa shape index (κ1) is 13.5. The summed E-state index contributed by atoms with van der Waals surface area (Å²) in [5.74, 6) is -1.34. The fourth-order valence-electron chi connectivity index (χ4n) is 1.36. The second kappa shape index (κ2) is 4.72. The van der Waals surface area contributed by atoms with E-state index in [4.69, 9.17) is 10.8 Å². The molecule has 1 aromatic carbocycles. The van der Waals surface area contributed by atoms with Crippen LogP contribution in [0.25, 0.3) is 0 Å². The summed E-state index contributed by atoms with van der Waals surface area (Å²) in [5.41, 5.74) is 5.68. The van der Waals surface area contributed by atoms with Crippen molar-refractivity contribution in [3.05, 3.63) is 23.8 Å². The zero-order valence-electron chi connectivity index (χ0n) is 9.12. The van der Waals surface area contributed by atoms with Crippen LogP contribution in [0.4, 0.5) is 0 Å². The highest BCUT2D eigenvalue weighted by Gasteiger charge is 2.17. The monoisotopic (exact) mass is 259 g/mol. The topological polar surface area (TPSA) is 118 Å². The Hall–Kier alpha value is -1.60. The molecule has 0 bridgehead atoms. The summed E-state index contributed by atoms with van der Waals surface area (Å²) < 4.78 is 22.6. The van der Waals surface area contributed by atoms with Crippen molar-refractivity contribution >= 4 is 15.8 Å². The zero-order valence-corrected chi connectivity index (χ0v) is 9.94. The van der Waals surface area contributed by atoms with Crippen molar-refractivity contribution in [2.24, 2.45) is 5.73 Å². The third-order valence-electron chi connectivity index (χ3n) is 2.22. The van der Waals surface area contributed by atoms with Gasteiger partial charge in [-0.3, -0.25) is 4.79 Å². The SMILES string of the molecule is CS(=O)(=O)c1ccc(O)c(C(N)CC(=O)O)c1. The molecule has 0 fully saturated rings. The molecular formula is C10H13NO5S. The molecule has 1 aromatic rings. The third kappa shape index (κ3) is 3.43. The van der Waals surface area contributed by atoms with Gasteiger partial charge in [0.05, 0.1) is 11.3 Å². The number of sulfone groups is 1. The number of carbonyl (C=O) groups is 1. The highest BCUT2D eigenvalue weighted by molar-refractivity contribution is 7.90. The van der Waals surface area contributed by atoms with Gasteiger partial charge in [0.15, 0.2) is 9.84 Å². The molecule has 7 heteroatoms. The van der Waals surface area contributed by atoms with E-state index in [1.807, 2.05) is 0 Å². The van der Waals surface area contributed by atoms with Crippen LogP contribution in [0.1, 0.15) is 18.0 Å². The van der Waals surface area contributed by atoms with Gasteiger partial charge in [-0.2, -0.15) is 0 Å². The molecule has 94 valence electrons. The number of hydrogen-bond donors (Lipinski definition) is 3. The highest BCUT2D eigenvalue weighted by Crippen LogP contribution is 2.27. The minimum Gasteiger partial charge on any atom is -0.508 e. The molecule has 17 heavy (non-hydrogen) atoms. The average Bonchev–Trinajstić information content (AvgIpc) is 2.15. The van der Waals surface area contributed by atoms with E-state index in [2.05, 4.69) is 0 Å². The van der Waals surface area contributed by atoms with Crippen molar-refractivity contribution in [1.82, 2.24) is 0 Å². The second-order valence-electron chi connectivity index (χ2n) is 3.70. The molecule has 0 aromatic heterocycles. The summed E-state index contributed by atoms with van der Waals surface area (Å²) in [6, 6.07) is 2.67. The van der Waals surface area contributed by atoms with Crippen LogP contribution in [0.3, 0.4) is 0 Å². The summed E-state index contributed by atoms with van der Waals surface area (Å²) in [7, 11) is -3.42. The Bertz CT molecular complexity index is 538. The molecule has 0 saturated carbocycles. The van der Waals surface area contributed by atoms with Crippen LogP contribution >= 0.6 is 0 Å². The van der Waals surface area contributed by atoms with Gasteiger partial charge in [-0.15, -0.1) is 0 Å². The van der Waals surface area contributed by atoms with E-state index in [-0.39, 0.29) is 22.6 Å². The van der Waals surface area contributed by atoms with Crippen LogP contribution < -0.4 is 5.73 Å². The van der Waals surface area contributed by atoms with Crippen LogP contribution in [0, 0.1) is 0 Å². The van der Waals surface area contributed by atoms with Gasteiger partial charge in [0.1, 0.15) is 5.75 Å². The van der Waals surface area contributed by atoms with E-state index in [0.717, 1.165) is 6.26 Å². The number of aromatic hydroxyl groups is 1. The Kier molecular flexibility index (Phi) is 3.74. The molecule has 4 N–H and O–H groups in total. The lowest BCUT2D eigenvalue weighted by Gasteiger charge is -2.12. The largest absolute Gasteiger partial charge is 0.508 e. The molecule has 1 atom stereocenters. The summed E-state index contributed by atoms with van der Waals surface area (Å²) in [4.78, 5) is 10.5. The zero-order chi connectivity index (χ0) is 13.2. The Morgan fingerprint density at radius 3 is 2.53 bits per heavy atom. The molecular weight excluding hydrogens is 246 g/mol. The summed E-state index contributed by atoms with van der Waals surface area (Å²) in [5, 5.41) is 18.1. The van der Waals surface area contributed by atoms with Crippen molar-refractivity contribution in [3.63, 3.8) is 0 Å². The van der Waals surface area contributed by atoms with Gasteiger partial charge >= 0.3 is 5.97 Å². The molecule has 0 aliphatic carbocycles. The van der Waals surface area contributed by atoms with Crippen LogP contribution in [0.15, 0.2) is 23.1 Å². The molecule has 0 amide bonds. The predicted molar refractivity (Wildman–Crippen MR) is 60.4 cm³/mol. The molecule has 0 radical (unpaired) electrons. The minimum absolute atomic E-state index is 0.00820. The number of rotatable bonds is 4. The van der Waals surface area contributed by atoms with Crippen LogP contribution in [0.5, 0.6) is 5.75 Å². The quantitative estimate of drug-likeness (QED) is 0.714. The van der Waals surface area contributed by atoms with Gasteiger partial charge in [-0.25, -0.2) is 8.42 Å². The normalized spacial score (nSPS) is 13.3. The van der Waals surface area contributed by atoms with E-state index in [1.54, 1.807) is 0 Å². The standard InChI is InChI=1S/C10H13NO5S/c1-17(15,16)6-2-3-9(12)7(4-6)8(11)5-10(13)14/h2-4,8,12H,5,11H2,1H3,(H,13,14). The van der Waals surface area contributed by atoms with Crippen LogP contribution in [-0.4, -0.2) is 30.9 Å². The van der Waals surface area contributed by atoms with E-state index in [9.17, 15) is 18.3 Å². The maximum absolute atomic E-state index is 11.3. The number of benzene rings is 1. The summed E-state index contributed by atoms with van der Waals surface area (Å²) >= 11 is 0. The second-order valence-corrected chi connectivity index (χ2v) is 5.71. The van der Waals surface area contributed by atoms with E-state index >= 15 is 0 Å². The van der Waals surface area contributed by atoms with Gasteiger partial charge in [-0.1, -0.05) is 0 Å². The lowest BCUT2D eigenvalue weighted by molar-refractivity contribution is -0.137. The van der Waals surface area contributed by atoms with E-state index in [0.29, 0.717) is 0 Å². The fourth-order valence-corrected chi connectivity index (χ4v) is 2.01. The van der Waals surface area contributed by atoms with Gasteiger partial charge in [-0.05, 0) is 18.2 Å². The number of phenolic OH excluding ortho intramolecular Hbond substituents is 1. The number of nitrogens with two attached hydrogens (primary N) is 1. The van der Waals surface area contributed by atoms with Gasteiger partial charge in [0.2, 0.25) is 0 Å². The highest BCUT2D eigenvalue weighted by atomic mass is 32.2. The maximum atomic E-state index is 11.3. The molecule has 0 heterocycles. The first-order chi connectivity index (χ1) is 7.71. The lowest BCUT2D eigenvalue weighted by atomic mass is 10.0. The Balaban J connectivity index is 3.19. The van der Waals surface area contributed by atoms with E-state index in [1.165, 1.54) is 18.2 Å². The van der Waals surface area contributed by atoms with Crippen molar-refractivity contribution in [1.29, 1.82) is 0 Å². The van der Waals surface area contributed by atoms with Crippen molar-refractivity contribution < 1.29 is 23.4 Å². The smallest absolute Gasteiger partial charge is 0.305 e. The van der Waals surface area contributed by atoms with Crippen molar-refractivity contribution in [3.8, 4) is 5.75 Å². The third-order valence-corrected chi connectivity index (χ3v) is 3.33. The van der Waals surface area contributed by atoms with Crippen LogP contribution in [-0.2, 0) is 14.6 Å². The number of carboxylic acids is 1. The summed E-state index contributed by atoms with van der Waals surface area (Å²) in [6.45, 7) is 0. The van der Waals surface area contributed by atoms with Gasteiger partial charge in [0, 0.05) is 17.9 Å². The van der Waals surface area contributed by atoms with Crippen LogP contribution in [0.2, 0.25) is 0 Å². The van der Waals surface area contributed by atoms with Gasteiger partial charge in [0.25, 0.3) is 0 Å². The maximum Gasteiger partial charge on any atom is 0.305 e. The predicted octanol–water partition coefficient (Wildman–Crippen LogP) is 0.270. The number of aliphatic carboxylic acids is 1. The molecule has 1 unspecified atom stereocenters. The first-order valence-corrected chi connectivity index (χ1v) is 6.61.